The average Bonchev–Trinajstić information content (AvgIpc) is 3.72. The van der Waals surface area contributed by atoms with E-state index in [0.29, 0.717) is 0 Å². The quantitative estimate of drug-likeness (QED) is 0.194. The van der Waals surface area contributed by atoms with E-state index < -0.39 is 0 Å². The summed E-state index contributed by atoms with van der Waals surface area (Å²) in [7, 11) is 0. The molecule has 0 aliphatic heterocycles. The number of hydrogen-bond acceptors (Lipinski definition) is 4. The van der Waals surface area contributed by atoms with Gasteiger partial charge in [0.05, 0.1) is 15.9 Å². The number of furan rings is 1. The van der Waals surface area contributed by atoms with Gasteiger partial charge in [-0.05, 0) is 57.8 Å². The summed E-state index contributed by atoms with van der Waals surface area (Å²) >= 11 is 1.75. The van der Waals surface area contributed by atoms with Gasteiger partial charge in [0.2, 0.25) is 0 Å². The summed E-state index contributed by atoms with van der Waals surface area (Å²) in [5.41, 5.74) is 10.3. The minimum Gasteiger partial charge on any atom is -0.455 e. The highest BCUT2D eigenvalue weighted by atomic mass is 32.1. The molecule has 3 heterocycles. The summed E-state index contributed by atoms with van der Waals surface area (Å²) in [6, 6.07) is 55.4. The third-order valence-electron chi connectivity index (χ3n) is 9.29. The molecule has 7 aromatic carbocycles. The number of thiophene rings is 1. The third-order valence-corrected chi connectivity index (χ3v) is 10.5. The fourth-order valence-corrected chi connectivity index (χ4v) is 8.12. The highest BCUT2D eigenvalue weighted by molar-refractivity contribution is 7.26. The Morgan fingerprint density at radius 1 is 0.458 bits per heavy atom. The van der Waals surface area contributed by atoms with Crippen molar-refractivity contribution in [1.82, 2.24) is 9.97 Å². The summed E-state index contributed by atoms with van der Waals surface area (Å²) in [4.78, 5) is 10.5. The Morgan fingerprint density at radius 3 is 1.92 bits per heavy atom. The molecule has 3 aromatic heterocycles. The normalized spacial score (nSPS) is 11.8. The standard InChI is InChI=1S/C44H26N2OS/c1-3-11-27(12-4-1)28-19-21-30(22-20-28)44-45-40(43-41(46-44)34-17-9-10-18-38(34)48-43)32-23-24-37-35(26-32)36-25-31-15-7-8-16-33(31)39(42(36)47-37)29-13-5-2-6-14-29/h1-26H. The second kappa shape index (κ2) is 10.7. The molecular formula is C44H26N2OS. The number of benzene rings is 7. The van der Waals surface area contributed by atoms with Crippen molar-refractivity contribution in [3.05, 3.63) is 158 Å². The van der Waals surface area contributed by atoms with Crippen LogP contribution in [0.15, 0.2) is 162 Å². The molecular weight excluding hydrogens is 605 g/mol. The lowest BCUT2D eigenvalue weighted by Gasteiger charge is -2.09. The number of nitrogens with zero attached hydrogens (tertiary/aromatic N) is 2. The smallest absolute Gasteiger partial charge is 0.160 e. The van der Waals surface area contributed by atoms with Gasteiger partial charge < -0.3 is 4.42 Å². The van der Waals surface area contributed by atoms with Crippen LogP contribution in [0.25, 0.3) is 97.9 Å². The molecule has 0 bridgehead atoms. The monoisotopic (exact) mass is 630 g/mol. The van der Waals surface area contributed by atoms with Crippen molar-refractivity contribution < 1.29 is 4.42 Å². The van der Waals surface area contributed by atoms with E-state index in [-0.39, 0.29) is 0 Å². The molecule has 0 aliphatic carbocycles. The fourth-order valence-electron chi connectivity index (χ4n) is 6.97. The van der Waals surface area contributed by atoms with E-state index in [2.05, 4.69) is 152 Å². The first-order valence-electron chi connectivity index (χ1n) is 16.1. The second-order valence-corrected chi connectivity index (χ2v) is 13.2. The van der Waals surface area contributed by atoms with E-state index in [0.717, 1.165) is 71.3 Å². The maximum atomic E-state index is 6.68. The average molecular weight is 631 g/mol. The van der Waals surface area contributed by atoms with Gasteiger partial charge in [0, 0.05) is 37.5 Å². The van der Waals surface area contributed by atoms with E-state index in [1.54, 1.807) is 11.3 Å². The summed E-state index contributed by atoms with van der Waals surface area (Å²) in [5, 5.41) is 5.69. The van der Waals surface area contributed by atoms with Gasteiger partial charge >= 0.3 is 0 Å². The first-order chi connectivity index (χ1) is 23.8. The number of rotatable bonds is 4. The molecule has 10 aromatic rings. The molecule has 0 spiro atoms. The predicted molar refractivity (Wildman–Crippen MR) is 201 cm³/mol. The van der Waals surface area contributed by atoms with Crippen LogP contribution in [-0.4, -0.2) is 9.97 Å². The van der Waals surface area contributed by atoms with Crippen LogP contribution in [0, 0.1) is 0 Å². The maximum Gasteiger partial charge on any atom is 0.160 e. The van der Waals surface area contributed by atoms with Crippen molar-refractivity contribution in [3.63, 3.8) is 0 Å². The van der Waals surface area contributed by atoms with Gasteiger partial charge in [-0.25, -0.2) is 9.97 Å². The summed E-state index contributed by atoms with van der Waals surface area (Å²) in [6.07, 6.45) is 0. The Balaban J connectivity index is 1.20. The Hall–Kier alpha value is -6.10. The summed E-state index contributed by atoms with van der Waals surface area (Å²) in [5.74, 6) is 0.718. The molecule has 0 aliphatic rings. The van der Waals surface area contributed by atoms with Crippen molar-refractivity contribution in [2.45, 2.75) is 0 Å². The van der Waals surface area contributed by atoms with E-state index in [9.17, 15) is 0 Å². The summed E-state index contributed by atoms with van der Waals surface area (Å²) in [6.45, 7) is 0. The van der Waals surface area contributed by atoms with Gasteiger partial charge in [-0.1, -0.05) is 127 Å². The zero-order valence-electron chi connectivity index (χ0n) is 25.7. The number of fused-ring (bicyclic) bond motifs is 7. The minimum atomic E-state index is 0.718. The van der Waals surface area contributed by atoms with Gasteiger partial charge in [-0.15, -0.1) is 11.3 Å². The summed E-state index contributed by atoms with van der Waals surface area (Å²) < 4.78 is 8.97. The van der Waals surface area contributed by atoms with Crippen molar-refractivity contribution in [2.24, 2.45) is 0 Å². The molecule has 48 heavy (non-hydrogen) atoms. The predicted octanol–water partition coefficient (Wildman–Crippen LogP) is 12.6. The highest BCUT2D eigenvalue weighted by Gasteiger charge is 2.20. The van der Waals surface area contributed by atoms with E-state index in [4.69, 9.17) is 14.4 Å². The first-order valence-corrected chi connectivity index (χ1v) is 16.9. The lowest BCUT2D eigenvalue weighted by atomic mass is 9.95. The lowest BCUT2D eigenvalue weighted by molar-refractivity contribution is 0.670. The Kier molecular flexibility index (Phi) is 6.05. The Labute approximate surface area is 280 Å². The van der Waals surface area contributed by atoms with Gasteiger partial charge in [0.25, 0.3) is 0 Å². The van der Waals surface area contributed by atoms with Crippen molar-refractivity contribution in [1.29, 1.82) is 0 Å². The van der Waals surface area contributed by atoms with E-state index in [1.165, 1.54) is 26.6 Å². The third kappa shape index (κ3) is 4.27. The van der Waals surface area contributed by atoms with Crippen LogP contribution in [0.5, 0.6) is 0 Å². The molecule has 0 fully saturated rings. The number of hydrogen-bond donors (Lipinski definition) is 0. The first kappa shape index (κ1) is 27.1. The molecule has 0 unspecified atom stereocenters. The van der Waals surface area contributed by atoms with E-state index >= 15 is 0 Å². The van der Waals surface area contributed by atoms with Gasteiger partial charge in [0.1, 0.15) is 11.2 Å². The second-order valence-electron chi connectivity index (χ2n) is 12.1. The minimum absolute atomic E-state index is 0.718. The molecule has 0 saturated heterocycles. The van der Waals surface area contributed by atoms with E-state index in [1.807, 2.05) is 6.07 Å². The molecule has 0 atom stereocenters. The largest absolute Gasteiger partial charge is 0.455 e. The van der Waals surface area contributed by atoms with Crippen molar-refractivity contribution in [2.75, 3.05) is 0 Å². The molecule has 0 amide bonds. The molecule has 10 rings (SSSR count). The Bertz CT molecular complexity index is 2820. The number of aromatic nitrogens is 2. The highest BCUT2D eigenvalue weighted by Crippen LogP contribution is 2.44. The van der Waals surface area contributed by atoms with Crippen LogP contribution >= 0.6 is 11.3 Å². The molecule has 0 saturated carbocycles. The fraction of sp³-hybridized carbons (Fsp3) is 0. The molecule has 224 valence electrons. The van der Waals surface area contributed by atoms with Crippen molar-refractivity contribution >= 4 is 64.4 Å². The zero-order chi connectivity index (χ0) is 31.6. The van der Waals surface area contributed by atoms with Gasteiger partial charge in [-0.3, -0.25) is 0 Å². The van der Waals surface area contributed by atoms with Gasteiger partial charge in [0.15, 0.2) is 5.82 Å². The maximum absolute atomic E-state index is 6.68. The van der Waals surface area contributed by atoms with Crippen molar-refractivity contribution in [3.8, 4) is 44.9 Å². The molecule has 4 heteroatoms. The molecule has 3 nitrogen and oxygen atoms in total. The van der Waals surface area contributed by atoms with Crippen LogP contribution in [0.2, 0.25) is 0 Å². The lowest BCUT2D eigenvalue weighted by Crippen LogP contribution is -1.93. The Morgan fingerprint density at radius 2 is 1.10 bits per heavy atom. The van der Waals surface area contributed by atoms with Gasteiger partial charge in [-0.2, -0.15) is 0 Å². The SMILES string of the molecule is c1ccc(-c2ccc(-c3nc(-c4ccc5oc6c(-c7ccccc7)c7ccccc7cc6c5c4)c4sc5ccccc5c4n3)cc2)cc1. The van der Waals surface area contributed by atoms with Crippen LogP contribution in [-0.2, 0) is 0 Å². The zero-order valence-corrected chi connectivity index (χ0v) is 26.5. The molecule has 0 radical (unpaired) electrons. The van der Waals surface area contributed by atoms with Crippen LogP contribution in [0.4, 0.5) is 0 Å². The topological polar surface area (TPSA) is 38.9 Å². The van der Waals surface area contributed by atoms with Crippen LogP contribution in [0.1, 0.15) is 0 Å². The van der Waals surface area contributed by atoms with Crippen LogP contribution in [0.3, 0.4) is 0 Å². The molecule has 0 N–H and O–H groups in total. The van der Waals surface area contributed by atoms with Crippen LogP contribution < -0.4 is 0 Å².